The van der Waals surface area contributed by atoms with Crippen LogP contribution in [0.25, 0.3) is 0 Å². The first-order valence-corrected chi connectivity index (χ1v) is 19.0. The molecule has 1 rings (SSSR count). The minimum atomic E-state index is -1.36. The average Bonchev–Trinajstić information content (AvgIpc) is 2.71. The molecule has 3 nitrogen and oxygen atoms in total. The quantitative estimate of drug-likeness (QED) is 0.416. The van der Waals surface area contributed by atoms with E-state index in [4.69, 9.17) is 4.99 Å². The summed E-state index contributed by atoms with van der Waals surface area (Å²) >= 11 is -0.409. The van der Waals surface area contributed by atoms with Crippen molar-refractivity contribution in [2.45, 2.75) is 67.0 Å². The van der Waals surface area contributed by atoms with Crippen molar-refractivity contribution < 1.29 is 0 Å². The normalized spacial score (nSPS) is 13.2. The molecule has 0 saturated carbocycles. The van der Waals surface area contributed by atoms with E-state index in [2.05, 4.69) is 104 Å². The van der Waals surface area contributed by atoms with Crippen molar-refractivity contribution in [3.8, 4) is 0 Å². The van der Waals surface area contributed by atoms with Crippen LogP contribution in [0.3, 0.4) is 0 Å². The Balaban J connectivity index is 0.00000729. The Kier molecular flexibility index (Phi) is 12.2. The van der Waals surface area contributed by atoms with Crippen LogP contribution >= 0.6 is 0 Å². The zero-order valence-corrected chi connectivity index (χ0v) is 25.5. The Bertz CT molecular complexity index is 641. The molecule has 7 heteroatoms. The molecule has 0 bridgehead atoms. The van der Waals surface area contributed by atoms with Crippen LogP contribution in [0.5, 0.6) is 0 Å². The Morgan fingerprint density at radius 2 is 1.39 bits per heavy atom. The molecule has 0 spiro atoms. The van der Waals surface area contributed by atoms with Gasteiger partial charge in [0.05, 0.1) is 0 Å². The number of anilines is 1. The second-order valence-electron chi connectivity index (χ2n) is 10.2. The Morgan fingerprint density at radius 3 is 1.86 bits per heavy atom. The van der Waals surface area contributed by atoms with Crippen molar-refractivity contribution in [3.05, 3.63) is 35.7 Å². The Morgan fingerprint density at radius 1 is 0.857 bits per heavy atom. The van der Waals surface area contributed by atoms with Gasteiger partial charge in [-0.25, -0.2) is 0 Å². The molecule has 0 saturated heterocycles. The first-order valence-electron chi connectivity index (χ1n) is 10.3. The predicted molar refractivity (Wildman–Crippen MR) is 134 cm³/mol. The fourth-order valence-electron chi connectivity index (χ4n) is 3.16. The minimum Gasteiger partial charge on any atom is -1.00 e. The second kappa shape index (κ2) is 12.1. The summed E-state index contributed by atoms with van der Waals surface area (Å²) in [6, 6.07) is 10.9. The molecule has 28 heavy (non-hydrogen) atoms. The van der Waals surface area contributed by atoms with Crippen LogP contribution in [-0.2, 0) is 0 Å². The first kappa shape index (κ1) is 28.1. The summed E-state index contributed by atoms with van der Waals surface area (Å²) in [5.41, 5.74) is 1.33. The molecule has 0 atom stereocenters. The molecule has 0 amide bonds. The van der Waals surface area contributed by atoms with E-state index in [0.717, 1.165) is 18.4 Å². The maximum atomic E-state index is 4.99. The van der Waals surface area contributed by atoms with Crippen LogP contribution in [0.2, 0.25) is 39.3 Å². The van der Waals surface area contributed by atoms with Crippen molar-refractivity contribution in [2.75, 3.05) is 16.9 Å². The third-order valence-corrected chi connectivity index (χ3v) is 22.0. The minimum absolute atomic E-state index is 0. The summed E-state index contributed by atoms with van der Waals surface area (Å²) in [5, 5.41) is 1.16. The summed E-state index contributed by atoms with van der Waals surface area (Å²) < 4.78 is 5.70. The van der Waals surface area contributed by atoms with Crippen molar-refractivity contribution in [3.63, 3.8) is 0 Å². The van der Waals surface area contributed by atoms with Gasteiger partial charge in [0.25, 0.3) is 0 Å². The SMILES string of the molecule is CC(C)CN=c1cccccc1[N](CC(C)C)[Ge][N]([Si](C)(C)C)[Si](C)(C)C.[Se-]. The molecule has 0 aliphatic heterocycles. The molecule has 1 aromatic rings. The van der Waals surface area contributed by atoms with Crippen molar-refractivity contribution in [1.29, 1.82) is 0 Å². The molecular weight excluding hydrogens is 502 g/mol. The second-order valence-corrected chi connectivity index (χ2v) is 24.6. The van der Waals surface area contributed by atoms with Crippen LogP contribution in [0.1, 0.15) is 27.7 Å². The maximum Gasteiger partial charge on any atom is -1.00 e. The van der Waals surface area contributed by atoms with Gasteiger partial charge < -0.3 is 17.1 Å². The Hall–Kier alpha value is 0.146. The van der Waals surface area contributed by atoms with Gasteiger partial charge >= 0.3 is 178 Å². The van der Waals surface area contributed by atoms with Crippen molar-refractivity contribution >= 4 is 55.1 Å². The summed E-state index contributed by atoms with van der Waals surface area (Å²) in [7, 11) is -2.73. The monoisotopic (exact) mass is 545 g/mol. The molecule has 0 unspecified atom stereocenters. The maximum absolute atomic E-state index is 4.99. The first-order chi connectivity index (χ1) is 12.3. The topological polar surface area (TPSA) is 18.8 Å². The van der Waals surface area contributed by atoms with E-state index in [1.165, 1.54) is 5.69 Å². The van der Waals surface area contributed by atoms with Crippen LogP contribution in [0.4, 0.5) is 5.69 Å². The number of hydrogen-bond acceptors (Lipinski definition) is 3. The van der Waals surface area contributed by atoms with E-state index in [0.29, 0.717) is 11.8 Å². The van der Waals surface area contributed by atoms with E-state index >= 15 is 0 Å². The fourth-order valence-corrected chi connectivity index (χ4v) is 18.9. The predicted octanol–water partition coefficient (Wildman–Crippen LogP) is 4.83. The van der Waals surface area contributed by atoms with Crippen LogP contribution in [-0.4, -0.2) is 65.7 Å². The fraction of sp³-hybridized carbons (Fsp3) is 0.667. The van der Waals surface area contributed by atoms with Gasteiger partial charge in [0.1, 0.15) is 0 Å². The van der Waals surface area contributed by atoms with Gasteiger partial charge in [0.2, 0.25) is 0 Å². The molecule has 0 N–H and O–H groups in total. The van der Waals surface area contributed by atoms with E-state index in [1.807, 2.05) is 0 Å². The molecule has 0 fully saturated rings. The zero-order valence-electron chi connectivity index (χ0n) is 19.7. The Labute approximate surface area is 194 Å². The van der Waals surface area contributed by atoms with Crippen LogP contribution in [0.15, 0.2) is 35.3 Å². The van der Waals surface area contributed by atoms with Gasteiger partial charge in [-0.2, -0.15) is 0 Å². The van der Waals surface area contributed by atoms with E-state index in [1.54, 1.807) is 0 Å². The van der Waals surface area contributed by atoms with Gasteiger partial charge in [-0.05, 0) is 0 Å². The van der Waals surface area contributed by atoms with Crippen LogP contribution in [0, 0.1) is 11.8 Å². The molecule has 0 aliphatic rings. The number of nitrogens with zero attached hydrogens (tertiary/aromatic N) is 3. The third-order valence-electron chi connectivity index (χ3n) is 4.02. The molecule has 0 heterocycles. The summed E-state index contributed by atoms with van der Waals surface area (Å²) in [5.74, 6) is 1.22. The van der Waals surface area contributed by atoms with Crippen molar-refractivity contribution in [1.82, 2.24) is 3.19 Å². The summed E-state index contributed by atoms with van der Waals surface area (Å²) in [4.78, 5) is 4.99. The third kappa shape index (κ3) is 9.77. The molecule has 159 valence electrons. The standard InChI is InChI=1S/C21H41GeN3Si2.Se/c1-18(2)16-23-20-14-12-11-13-15-21(20)24(17-19(3)4)22-25(26(5,6)7)27(8,9)10;/h11-15,18-19H,16-17H2,1-10H3;/q;-1. The summed E-state index contributed by atoms with van der Waals surface area (Å²) in [6.45, 7) is 26.2. The summed E-state index contributed by atoms with van der Waals surface area (Å²) in [6.07, 6.45) is 0. The van der Waals surface area contributed by atoms with Crippen LogP contribution < -0.4 is 9.21 Å². The van der Waals surface area contributed by atoms with Gasteiger partial charge in [-0.1, -0.05) is 0 Å². The molecular formula is C21H41GeN3SeSi2-. The smallest absolute Gasteiger partial charge is 1.00 e. The number of rotatable bonds is 9. The molecule has 1 aromatic carbocycles. The number of hydrogen-bond donors (Lipinski definition) is 0. The van der Waals surface area contributed by atoms with Gasteiger partial charge in [-0.15, -0.1) is 0 Å². The van der Waals surface area contributed by atoms with Gasteiger partial charge in [0.15, 0.2) is 0 Å². The molecule has 0 aliphatic carbocycles. The average molecular weight is 543 g/mol. The van der Waals surface area contributed by atoms with E-state index in [-0.39, 0.29) is 17.1 Å². The molecule has 0 aromatic heterocycles. The van der Waals surface area contributed by atoms with E-state index in [9.17, 15) is 0 Å². The molecule has 3 radical (unpaired) electrons. The zero-order chi connectivity index (χ0) is 20.8. The largest absolute Gasteiger partial charge is 1.00 e. The van der Waals surface area contributed by atoms with Gasteiger partial charge in [0, 0.05) is 0 Å². The van der Waals surface area contributed by atoms with E-state index < -0.39 is 32.3 Å². The van der Waals surface area contributed by atoms with Gasteiger partial charge in [-0.3, -0.25) is 0 Å². The van der Waals surface area contributed by atoms with Crippen molar-refractivity contribution in [2.24, 2.45) is 16.8 Å².